The van der Waals surface area contributed by atoms with Crippen LogP contribution >= 0.6 is 11.3 Å². The van der Waals surface area contributed by atoms with Crippen molar-refractivity contribution in [2.24, 2.45) is 0 Å². The van der Waals surface area contributed by atoms with E-state index in [2.05, 4.69) is 0 Å². The van der Waals surface area contributed by atoms with E-state index in [4.69, 9.17) is 4.42 Å². The van der Waals surface area contributed by atoms with Gasteiger partial charge in [-0.05, 0) is 48.9 Å². The van der Waals surface area contributed by atoms with E-state index in [0.29, 0.717) is 25.4 Å². The molecule has 0 saturated heterocycles. The Hall–Kier alpha value is -3.82. The van der Waals surface area contributed by atoms with Crippen LogP contribution < -0.4 is 9.24 Å². The summed E-state index contributed by atoms with van der Waals surface area (Å²) in [4.78, 5) is 24.9. The van der Waals surface area contributed by atoms with Gasteiger partial charge in [0.1, 0.15) is 5.82 Å². The van der Waals surface area contributed by atoms with Gasteiger partial charge in [0.2, 0.25) is 0 Å². The van der Waals surface area contributed by atoms with E-state index in [-0.39, 0.29) is 21.7 Å². The predicted molar refractivity (Wildman–Crippen MR) is 129 cm³/mol. The van der Waals surface area contributed by atoms with E-state index in [1.807, 2.05) is 0 Å². The fraction of sp³-hybridized carbons (Fsp3) is 0.0400. The van der Waals surface area contributed by atoms with Crippen molar-refractivity contribution in [2.75, 3.05) is 4.31 Å². The molecule has 0 fully saturated rings. The molecule has 9 heteroatoms. The van der Waals surface area contributed by atoms with E-state index in [9.17, 15) is 22.4 Å². The van der Waals surface area contributed by atoms with E-state index in [1.54, 1.807) is 42.5 Å². The summed E-state index contributed by atoms with van der Waals surface area (Å²) in [6.45, 7) is 1.46. The van der Waals surface area contributed by atoms with Crippen molar-refractivity contribution in [1.29, 1.82) is 0 Å². The molecule has 0 N–H and O–H groups in total. The van der Waals surface area contributed by atoms with Crippen molar-refractivity contribution < 1.29 is 22.0 Å². The zero-order valence-corrected chi connectivity index (χ0v) is 19.3. The second-order valence-corrected chi connectivity index (χ2v) is 10.3. The highest BCUT2D eigenvalue weighted by atomic mass is 32.2. The Morgan fingerprint density at radius 2 is 1.62 bits per heavy atom. The number of halogens is 1. The monoisotopic (exact) mass is 493 g/mol. The minimum absolute atomic E-state index is 0.0673. The SMILES string of the molecule is Cc1cc(F)ccc1S(=O)(=O)N(C(=O)c1ccccc1)c1cc2sc(=O)oc2c2ccccc12. The maximum atomic E-state index is 14.0. The average Bonchev–Trinajstić information content (AvgIpc) is 3.19. The third-order valence-electron chi connectivity index (χ3n) is 5.40. The van der Waals surface area contributed by atoms with Gasteiger partial charge in [0.15, 0.2) is 5.58 Å². The van der Waals surface area contributed by atoms with E-state index in [1.165, 1.54) is 25.1 Å². The number of amides is 1. The summed E-state index contributed by atoms with van der Waals surface area (Å²) in [5.41, 5.74) is 0.689. The highest BCUT2D eigenvalue weighted by Gasteiger charge is 2.35. The number of fused-ring (bicyclic) bond motifs is 3. The van der Waals surface area contributed by atoms with Crippen LogP contribution in [0, 0.1) is 12.7 Å². The Bertz CT molecular complexity index is 1740. The molecule has 0 saturated carbocycles. The van der Waals surface area contributed by atoms with E-state index < -0.39 is 26.7 Å². The molecule has 1 aromatic heterocycles. The van der Waals surface area contributed by atoms with Gasteiger partial charge in [-0.25, -0.2) is 17.6 Å². The first-order valence-electron chi connectivity index (χ1n) is 10.1. The molecule has 170 valence electrons. The van der Waals surface area contributed by atoms with Crippen LogP contribution in [0.2, 0.25) is 0 Å². The molecule has 1 heterocycles. The molecule has 1 amide bonds. The maximum absolute atomic E-state index is 14.0. The predicted octanol–water partition coefficient (Wildman–Crippen LogP) is 5.49. The van der Waals surface area contributed by atoms with Crippen molar-refractivity contribution in [3.05, 3.63) is 106 Å². The molecule has 5 aromatic rings. The number of nitrogens with zero attached hydrogens (tertiary/aromatic N) is 1. The lowest BCUT2D eigenvalue weighted by Crippen LogP contribution is -2.37. The van der Waals surface area contributed by atoms with Gasteiger partial charge in [-0.15, -0.1) is 0 Å². The Morgan fingerprint density at radius 1 is 0.941 bits per heavy atom. The molecule has 34 heavy (non-hydrogen) atoms. The average molecular weight is 494 g/mol. The largest absolute Gasteiger partial charge is 0.413 e. The van der Waals surface area contributed by atoms with Crippen molar-refractivity contribution in [1.82, 2.24) is 0 Å². The fourth-order valence-corrected chi connectivity index (χ4v) is 6.25. The zero-order valence-electron chi connectivity index (χ0n) is 17.7. The van der Waals surface area contributed by atoms with Gasteiger partial charge in [0.25, 0.3) is 15.9 Å². The summed E-state index contributed by atoms with van der Waals surface area (Å²) < 4.78 is 48.1. The van der Waals surface area contributed by atoms with Gasteiger partial charge in [-0.2, -0.15) is 4.31 Å². The Balaban J connectivity index is 1.86. The van der Waals surface area contributed by atoms with Crippen molar-refractivity contribution >= 4 is 54.0 Å². The van der Waals surface area contributed by atoms with Crippen LogP contribution in [0.1, 0.15) is 15.9 Å². The van der Waals surface area contributed by atoms with Crippen molar-refractivity contribution in [3.63, 3.8) is 0 Å². The number of carbonyl (C=O) groups excluding carboxylic acids is 1. The molecular weight excluding hydrogens is 477 g/mol. The van der Waals surface area contributed by atoms with E-state index in [0.717, 1.165) is 29.5 Å². The summed E-state index contributed by atoms with van der Waals surface area (Å²) in [5, 5.41) is 0.898. The highest BCUT2D eigenvalue weighted by molar-refractivity contribution is 7.93. The standard InChI is InChI=1S/C25H16FNO5S2/c1-15-13-17(26)11-12-22(15)34(30,31)27(24(28)16-7-3-2-4-8-16)20-14-21-23(32-25(29)33-21)19-10-6-5-9-18(19)20/h2-14H,1H3. The van der Waals surface area contributed by atoms with Crippen LogP contribution in [0.5, 0.6) is 0 Å². The van der Waals surface area contributed by atoms with Crippen LogP contribution in [0.3, 0.4) is 0 Å². The molecule has 4 aromatic carbocycles. The van der Waals surface area contributed by atoms with Crippen LogP contribution in [0.4, 0.5) is 10.1 Å². The second-order valence-electron chi connectivity index (χ2n) is 7.57. The lowest BCUT2D eigenvalue weighted by Gasteiger charge is -2.25. The summed E-state index contributed by atoms with van der Waals surface area (Å²) in [7, 11) is -4.49. The molecule has 0 unspecified atom stereocenters. The minimum Gasteiger partial charge on any atom is -0.413 e. The van der Waals surface area contributed by atoms with Crippen LogP contribution in [0.25, 0.3) is 21.1 Å². The smallest absolute Gasteiger partial charge is 0.396 e. The van der Waals surface area contributed by atoms with Crippen molar-refractivity contribution in [3.8, 4) is 0 Å². The Morgan fingerprint density at radius 3 is 2.32 bits per heavy atom. The lowest BCUT2D eigenvalue weighted by molar-refractivity contribution is 0.101. The number of rotatable bonds is 4. The summed E-state index contributed by atoms with van der Waals surface area (Å²) in [6, 6.07) is 19.5. The normalized spacial score (nSPS) is 11.7. The molecule has 6 nitrogen and oxygen atoms in total. The number of carbonyl (C=O) groups is 1. The van der Waals surface area contributed by atoms with E-state index >= 15 is 0 Å². The molecule has 0 aliphatic rings. The topological polar surface area (TPSA) is 84.7 Å². The molecule has 0 atom stereocenters. The molecule has 0 aliphatic carbocycles. The Labute approximate surface area is 197 Å². The van der Waals surface area contributed by atoms with Crippen molar-refractivity contribution in [2.45, 2.75) is 11.8 Å². The molecule has 5 rings (SSSR count). The van der Waals surface area contributed by atoms with Gasteiger partial charge in [0.05, 0.1) is 15.3 Å². The quantitative estimate of drug-likeness (QED) is 0.331. The highest BCUT2D eigenvalue weighted by Crippen LogP contribution is 2.38. The molecule has 0 bridgehead atoms. The van der Waals surface area contributed by atoms with Crippen LogP contribution in [-0.4, -0.2) is 14.3 Å². The Kier molecular flexibility index (Phi) is 5.30. The number of aryl methyl sites for hydroxylation is 1. The molecule has 0 spiro atoms. The number of hydrogen-bond acceptors (Lipinski definition) is 6. The maximum Gasteiger partial charge on any atom is 0.396 e. The fourth-order valence-electron chi connectivity index (χ4n) is 3.89. The summed E-state index contributed by atoms with van der Waals surface area (Å²) >= 11 is 0.813. The third-order valence-corrected chi connectivity index (χ3v) is 8.03. The van der Waals surface area contributed by atoms with Gasteiger partial charge in [-0.1, -0.05) is 53.8 Å². The first-order chi connectivity index (χ1) is 16.3. The third kappa shape index (κ3) is 3.59. The summed E-state index contributed by atoms with van der Waals surface area (Å²) in [6.07, 6.45) is 0. The molecule has 0 aliphatic heterocycles. The first-order valence-corrected chi connectivity index (χ1v) is 12.4. The number of benzene rings is 4. The van der Waals surface area contributed by atoms with Crippen LogP contribution in [0.15, 0.2) is 93.0 Å². The number of anilines is 1. The molecule has 0 radical (unpaired) electrons. The zero-order chi connectivity index (χ0) is 24.0. The first kappa shape index (κ1) is 22.0. The number of hydrogen-bond donors (Lipinski definition) is 0. The van der Waals surface area contributed by atoms with Gasteiger partial charge in [-0.3, -0.25) is 4.79 Å². The van der Waals surface area contributed by atoms with Gasteiger partial charge < -0.3 is 4.42 Å². The minimum atomic E-state index is -4.49. The lowest BCUT2D eigenvalue weighted by atomic mass is 10.1. The van der Waals surface area contributed by atoms with Crippen LogP contribution in [-0.2, 0) is 10.0 Å². The summed E-state index contributed by atoms with van der Waals surface area (Å²) in [5.74, 6) is -1.38. The number of sulfonamides is 1. The van der Waals surface area contributed by atoms with Gasteiger partial charge in [0, 0.05) is 16.3 Å². The molecular formula is C25H16FNO5S2. The van der Waals surface area contributed by atoms with Gasteiger partial charge >= 0.3 is 4.94 Å². The second kappa shape index (κ2) is 8.19.